The van der Waals surface area contributed by atoms with Crippen molar-refractivity contribution < 1.29 is 13.2 Å². The van der Waals surface area contributed by atoms with Gasteiger partial charge >= 0.3 is 0 Å². The molecule has 1 heterocycles. The molecule has 1 amide bonds. The SMILES string of the molecule is CN1CC/C(=C(/c2ccc(Cl)cc2)c2ccc(S(N)(=O)=O)cc2)C1=O. The molecule has 1 aliphatic rings. The molecule has 0 unspecified atom stereocenters. The third kappa shape index (κ3) is 3.61. The van der Waals surface area contributed by atoms with Crippen LogP contribution in [0.15, 0.2) is 59.0 Å². The van der Waals surface area contributed by atoms with Crippen molar-refractivity contribution in [1.29, 1.82) is 0 Å². The van der Waals surface area contributed by atoms with Gasteiger partial charge < -0.3 is 4.90 Å². The Balaban J connectivity index is 2.17. The molecule has 0 spiro atoms. The van der Waals surface area contributed by atoms with Crippen molar-refractivity contribution in [3.8, 4) is 0 Å². The van der Waals surface area contributed by atoms with Gasteiger partial charge in [-0.1, -0.05) is 35.9 Å². The molecule has 1 saturated heterocycles. The summed E-state index contributed by atoms with van der Waals surface area (Å²) in [7, 11) is -2.00. The monoisotopic (exact) mass is 376 g/mol. The van der Waals surface area contributed by atoms with Gasteiger partial charge in [0.25, 0.3) is 0 Å². The van der Waals surface area contributed by atoms with Crippen LogP contribution < -0.4 is 5.14 Å². The van der Waals surface area contributed by atoms with E-state index in [9.17, 15) is 13.2 Å². The van der Waals surface area contributed by atoms with Crippen LogP contribution in [0.3, 0.4) is 0 Å². The molecule has 1 aliphatic heterocycles. The molecule has 0 aromatic heterocycles. The van der Waals surface area contributed by atoms with Crippen LogP contribution in [0.4, 0.5) is 0 Å². The van der Waals surface area contributed by atoms with Crippen LogP contribution >= 0.6 is 11.6 Å². The van der Waals surface area contributed by atoms with Gasteiger partial charge in [0, 0.05) is 24.2 Å². The third-order valence-corrected chi connectivity index (χ3v) is 5.39. The number of nitrogens with zero attached hydrogens (tertiary/aromatic N) is 1. The molecule has 0 saturated carbocycles. The number of benzene rings is 2. The first-order valence-electron chi connectivity index (χ1n) is 7.65. The van der Waals surface area contributed by atoms with E-state index in [-0.39, 0.29) is 10.8 Å². The first kappa shape index (κ1) is 17.7. The van der Waals surface area contributed by atoms with Gasteiger partial charge in [0.2, 0.25) is 15.9 Å². The van der Waals surface area contributed by atoms with Crippen LogP contribution in [0.1, 0.15) is 17.5 Å². The highest BCUT2D eigenvalue weighted by atomic mass is 35.5. The molecule has 2 N–H and O–H groups in total. The quantitative estimate of drug-likeness (QED) is 0.836. The number of rotatable bonds is 3. The Morgan fingerprint density at radius 1 is 1.04 bits per heavy atom. The van der Waals surface area contributed by atoms with Crippen LogP contribution in [0.5, 0.6) is 0 Å². The second-order valence-corrected chi connectivity index (χ2v) is 7.90. The molecular formula is C18H17ClN2O3S. The summed E-state index contributed by atoms with van der Waals surface area (Å²) in [6.45, 7) is 0.653. The smallest absolute Gasteiger partial charge is 0.250 e. The minimum absolute atomic E-state index is 0.0273. The number of carbonyl (C=O) groups excluding carboxylic acids is 1. The molecule has 7 heteroatoms. The van der Waals surface area contributed by atoms with Gasteiger partial charge in [0.15, 0.2) is 0 Å². The fraction of sp³-hybridized carbons (Fsp3) is 0.167. The van der Waals surface area contributed by atoms with Gasteiger partial charge in [0.1, 0.15) is 0 Å². The summed E-state index contributed by atoms with van der Waals surface area (Å²) in [5.74, 6) is -0.0273. The lowest BCUT2D eigenvalue weighted by Gasteiger charge is -2.13. The highest BCUT2D eigenvalue weighted by Crippen LogP contribution is 2.33. The van der Waals surface area contributed by atoms with Crippen LogP contribution in [-0.4, -0.2) is 32.8 Å². The van der Waals surface area contributed by atoms with Crippen molar-refractivity contribution in [3.05, 3.63) is 70.3 Å². The first-order valence-corrected chi connectivity index (χ1v) is 9.57. The van der Waals surface area contributed by atoms with Crippen molar-refractivity contribution in [2.75, 3.05) is 13.6 Å². The van der Waals surface area contributed by atoms with E-state index in [1.165, 1.54) is 12.1 Å². The Bertz CT molecular complexity index is 949. The zero-order valence-corrected chi connectivity index (χ0v) is 15.1. The maximum atomic E-state index is 12.5. The maximum Gasteiger partial charge on any atom is 0.250 e. The van der Waals surface area contributed by atoms with E-state index in [0.29, 0.717) is 23.6 Å². The number of amides is 1. The van der Waals surface area contributed by atoms with Gasteiger partial charge in [0.05, 0.1) is 4.90 Å². The minimum Gasteiger partial charge on any atom is -0.342 e. The molecule has 1 fully saturated rings. The summed E-state index contributed by atoms with van der Waals surface area (Å²) in [5.41, 5.74) is 3.10. The number of halogens is 1. The molecule has 3 rings (SSSR count). The second kappa shape index (κ2) is 6.63. The fourth-order valence-electron chi connectivity index (χ4n) is 2.89. The van der Waals surface area contributed by atoms with E-state index in [1.54, 1.807) is 36.2 Å². The predicted molar refractivity (Wildman–Crippen MR) is 97.5 cm³/mol. The van der Waals surface area contributed by atoms with Crippen molar-refractivity contribution in [1.82, 2.24) is 4.90 Å². The number of likely N-dealkylation sites (N-methyl/N-ethyl adjacent to an activating group) is 1. The van der Waals surface area contributed by atoms with E-state index in [4.69, 9.17) is 16.7 Å². The van der Waals surface area contributed by atoms with Crippen molar-refractivity contribution in [2.45, 2.75) is 11.3 Å². The van der Waals surface area contributed by atoms with Gasteiger partial charge in [-0.3, -0.25) is 4.79 Å². The van der Waals surface area contributed by atoms with E-state index < -0.39 is 10.0 Å². The molecule has 0 atom stereocenters. The van der Waals surface area contributed by atoms with Crippen LogP contribution in [0, 0.1) is 0 Å². The standard InChI is InChI=1S/C18H17ClN2O3S/c1-21-11-10-16(18(21)22)17(12-2-6-14(19)7-3-12)13-4-8-15(9-5-13)25(20,23)24/h2-9H,10-11H2,1H3,(H2,20,23,24)/b17-16+. The lowest BCUT2D eigenvalue weighted by molar-refractivity contribution is -0.123. The molecular weight excluding hydrogens is 360 g/mol. The highest BCUT2D eigenvalue weighted by molar-refractivity contribution is 7.89. The van der Waals surface area contributed by atoms with Gasteiger partial charge in [-0.05, 0) is 47.4 Å². The molecule has 2 aromatic rings. The number of hydrogen-bond acceptors (Lipinski definition) is 3. The summed E-state index contributed by atoms with van der Waals surface area (Å²) in [4.78, 5) is 14.2. The average molecular weight is 377 g/mol. The molecule has 25 heavy (non-hydrogen) atoms. The first-order chi connectivity index (χ1) is 11.8. The van der Waals surface area contributed by atoms with E-state index in [0.717, 1.165) is 16.7 Å². The molecule has 0 radical (unpaired) electrons. The number of primary sulfonamides is 1. The molecule has 5 nitrogen and oxygen atoms in total. The Morgan fingerprint density at radius 3 is 2.00 bits per heavy atom. The van der Waals surface area contributed by atoms with Gasteiger partial charge in [-0.15, -0.1) is 0 Å². The number of sulfonamides is 1. The Hall–Kier alpha value is -2.15. The number of likely N-dealkylation sites (tertiary alicyclic amines) is 1. The highest BCUT2D eigenvalue weighted by Gasteiger charge is 2.27. The minimum atomic E-state index is -3.76. The lowest BCUT2D eigenvalue weighted by atomic mass is 9.92. The number of hydrogen-bond donors (Lipinski definition) is 1. The third-order valence-electron chi connectivity index (χ3n) is 4.21. The number of nitrogens with two attached hydrogens (primary N) is 1. The topological polar surface area (TPSA) is 80.5 Å². The van der Waals surface area contributed by atoms with Crippen molar-refractivity contribution >= 4 is 33.1 Å². The summed E-state index contributed by atoms with van der Waals surface area (Å²) in [6.07, 6.45) is 0.629. The molecule has 0 aliphatic carbocycles. The van der Waals surface area contributed by atoms with Crippen molar-refractivity contribution in [2.24, 2.45) is 5.14 Å². The maximum absolute atomic E-state index is 12.5. The molecule has 2 aromatic carbocycles. The second-order valence-electron chi connectivity index (χ2n) is 5.91. The van der Waals surface area contributed by atoms with Crippen LogP contribution in [0.25, 0.3) is 5.57 Å². The normalized spacial score (nSPS) is 17.1. The van der Waals surface area contributed by atoms with Crippen LogP contribution in [0.2, 0.25) is 5.02 Å². The van der Waals surface area contributed by atoms with E-state index in [1.807, 2.05) is 12.1 Å². The van der Waals surface area contributed by atoms with E-state index in [2.05, 4.69) is 0 Å². The summed E-state index contributed by atoms with van der Waals surface area (Å²) in [5, 5.41) is 5.76. The fourth-order valence-corrected chi connectivity index (χ4v) is 3.53. The molecule has 0 bridgehead atoms. The zero-order valence-electron chi connectivity index (χ0n) is 13.6. The number of carbonyl (C=O) groups is 1. The zero-order chi connectivity index (χ0) is 18.2. The van der Waals surface area contributed by atoms with Crippen molar-refractivity contribution in [3.63, 3.8) is 0 Å². The lowest BCUT2D eigenvalue weighted by Crippen LogP contribution is -2.19. The Kier molecular flexibility index (Phi) is 4.69. The van der Waals surface area contributed by atoms with E-state index >= 15 is 0 Å². The summed E-state index contributed by atoms with van der Waals surface area (Å²) < 4.78 is 22.9. The van der Waals surface area contributed by atoms with Gasteiger partial charge in [-0.25, -0.2) is 13.6 Å². The summed E-state index contributed by atoms with van der Waals surface area (Å²) in [6, 6.07) is 13.5. The van der Waals surface area contributed by atoms with Gasteiger partial charge in [-0.2, -0.15) is 0 Å². The largest absolute Gasteiger partial charge is 0.342 e. The Labute approximate surface area is 151 Å². The molecule has 130 valence electrons. The average Bonchev–Trinajstić information content (AvgIpc) is 2.89. The Morgan fingerprint density at radius 2 is 1.56 bits per heavy atom. The predicted octanol–water partition coefficient (Wildman–Crippen LogP) is 2.65. The summed E-state index contributed by atoms with van der Waals surface area (Å²) >= 11 is 5.97. The van der Waals surface area contributed by atoms with Crippen LogP contribution in [-0.2, 0) is 14.8 Å².